The maximum Gasteiger partial charge on any atom is 0.288 e. The van der Waals surface area contributed by atoms with Crippen LogP contribution in [0.25, 0.3) is 0 Å². The number of amides is 1. The van der Waals surface area contributed by atoms with Crippen LogP contribution in [0.3, 0.4) is 0 Å². The molecule has 0 radical (unpaired) electrons. The third-order valence-corrected chi connectivity index (χ3v) is 2.57. The molecule has 19 heavy (non-hydrogen) atoms. The van der Waals surface area contributed by atoms with Gasteiger partial charge in [0.15, 0.2) is 0 Å². The first-order chi connectivity index (χ1) is 8.88. The van der Waals surface area contributed by atoms with Crippen molar-refractivity contribution in [1.29, 1.82) is 0 Å². The number of nitrogens with two attached hydrogens (primary N) is 1. The maximum absolute atomic E-state index is 12.2. The Hall–Kier alpha value is -2.22. The lowest BCUT2D eigenvalue weighted by Crippen LogP contribution is -2.39. The number of carbonyl (C=O) groups is 1. The van der Waals surface area contributed by atoms with Crippen LogP contribution in [0.1, 0.15) is 24.2 Å². The summed E-state index contributed by atoms with van der Waals surface area (Å²) in [5.74, 6) is -0.558. The highest BCUT2D eigenvalue weighted by atomic mass is 16.6. The average molecular weight is 268 g/mol. The van der Waals surface area contributed by atoms with E-state index in [0.717, 1.165) is 12.3 Å². The fourth-order valence-corrected chi connectivity index (χ4v) is 1.59. The van der Waals surface area contributed by atoms with Crippen LogP contribution in [0.4, 0.5) is 11.5 Å². The lowest BCUT2D eigenvalue weighted by atomic mass is 10.2. The maximum atomic E-state index is 12.2. The Labute approximate surface area is 110 Å². The fraction of sp³-hybridized carbons (Fsp3) is 0.455. The molecule has 1 amide bonds. The minimum Gasteiger partial charge on any atom is -0.395 e. The van der Waals surface area contributed by atoms with Crippen molar-refractivity contribution in [2.75, 3.05) is 18.9 Å². The highest BCUT2D eigenvalue weighted by Crippen LogP contribution is 2.19. The van der Waals surface area contributed by atoms with Gasteiger partial charge in [-0.3, -0.25) is 14.9 Å². The zero-order valence-electron chi connectivity index (χ0n) is 10.7. The van der Waals surface area contributed by atoms with E-state index in [4.69, 9.17) is 10.8 Å². The van der Waals surface area contributed by atoms with Crippen LogP contribution in [-0.4, -0.2) is 45.0 Å². The number of nitro groups is 1. The number of nitrogen functional groups attached to an aromatic ring is 1. The van der Waals surface area contributed by atoms with Gasteiger partial charge in [-0.15, -0.1) is 0 Å². The summed E-state index contributed by atoms with van der Waals surface area (Å²) < 4.78 is 0. The third-order valence-electron chi connectivity index (χ3n) is 2.57. The van der Waals surface area contributed by atoms with E-state index < -0.39 is 10.8 Å². The SMILES string of the molecule is CC(C)N(CCO)C(=O)c1cc([N+](=O)[O-])cnc1N. The zero-order chi connectivity index (χ0) is 14.6. The molecule has 1 aromatic rings. The molecule has 8 nitrogen and oxygen atoms in total. The van der Waals surface area contributed by atoms with Crippen LogP contribution in [0.15, 0.2) is 12.3 Å². The fourth-order valence-electron chi connectivity index (χ4n) is 1.59. The minimum absolute atomic E-state index is 0.0312. The van der Waals surface area contributed by atoms with Gasteiger partial charge in [-0.1, -0.05) is 0 Å². The molecule has 3 N–H and O–H groups in total. The number of nitrogens with zero attached hydrogens (tertiary/aromatic N) is 3. The van der Waals surface area contributed by atoms with E-state index in [0.29, 0.717) is 0 Å². The number of aliphatic hydroxyl groups excluding tert-OH is 1. The number of carbonyl (C=O) groups excluding carboxylic acids is 1. The Morgan fingerprint density at radius 3 is 2.74 bits per heavy atom. The molecule has 0 aliphatic carbocycles. The summed E-state index contributed by atoms with van der Waals surface area (Å²) in [5.41, 5.74) is 5.25. The molecule has 0 spiro atoms. The van der Waals surface area contributed by atoms with Crippen molar-refractivity contribution >= 4 is 17.4 Å². The van der Waals surface area contributed by atoms with Crippen molar-refractivity contribution in [2.24, 2.45) is 0 Å². The summed E-state index contributed by atoms with van der Waals surface area (Å²) >= 11 is 0. The van der Waals surface area contributed by atoms with Gasteiger partial charge in [-0.25, -0.2) is 4.98 Å². The van der Waals surface area contributed by atoms with Gasteiger partial charge in [0.25, 0.3) is 11.6 Å². The van der Waals surface area contributed by atoms with Crippen LogP contribution >= 0.6 is 0 Å². The first-order valence-corrected chi connectivity index (χ1v) is 5.70. The Balaban J connectivity index is 3.16. The van der Waals surface area contributed by atoms with Crippen molar-refractivity contribution in [3.63, 3.8) is 0 Å². The number of aliphatic hydroxyl groups is 1. The molecule has 0 saturated carbocycles. The second-order valence-corrected chi connectivity index (χ2v) is 4.20. The molecule has 0 fully saturated rings. The van der Waals surface area contributed by atoms with Gasteiger partial charge >= 0.3 is 0 Å². The lowest BCUT2D eigenvalue weighted by Gasteiger charge is -2.26. The number of rotatable bonds is 5. The average Bonchev–Trinajstić information content (AvgIpc) is 2.35. The minimum atomic E-state index is -0.644. The number of aromatic nitrogens is 1. The van der Waals surface area contributed by atoms with Gasteiger partial charge in [0.2, 0.25) is 0 Å². The first kappa shape index (κ1) is 14.8. The Bertz CT molecular complexity index is 490. The van der Waals surface area contributed by atoms with Crippen molar-refractivity contribution in [3.05, 3.63) is 27.9 Å². The van der Waals surface area contributed by atoms with Crippen molar-refractivity contribution in [1.82, 2.24) is 9.88 Å². The highest BCUT2D eigenvalue weighted by molar-refractivity contribution is 5.99. The van der Waals surface area contributed by atoms with Gasteiger partial charge < -0.3 is 15.7 Å². The second kappa shape index (κ2) is 6.10. The second-order valence-electron chi connectivity index (χ2n) is 4.20. The number of hydrogen-bond donors (Lipinski definition) is 2. The van der Waals surface area contributed by atoms with E-state index in [2.05, 4.69) is 4.98 Å². The quantitative estimate of drug-likeness (QED) is 0.589. The summed E-state index contributed by atoms with van der Waals surface area (Å²) in [7, 11) is 0. The van der Waals surface area contributed by atoms with Crippen molar-refractivity contribution < 1.29 is 14.8 Å². The molecule has 0 aliphatic heterocycles. The molecule has 0 bridgehead atoms. The summed E-state index contributed by atoms with van der Waals surface area (Å²) in [4.78, 5) is 27.3. The molecule has 1 heterocycles. The van der Waals surface area contributed by atoms with Crippen LogP contribution < -0.4 is 5.73 Å². The molecule has 0 aliphatic rings. The van der Waals surface area contributed by atoms with Crippen molar-refractivity contribution in [3.8, 4) is 0 Å². The van der Waals surface area contributed by atoms with E-state index in [1.807, 2.05) is 0 Å². The number of anilines is 1. The Morgan fingerprint density at radius 2 is 2.26 bits per heavy atom. The van der Waals surface area contributed by atoms with E-state index in [-0.39, 0.29) is 36.3 Å². The van der Waals surface area contributed by atoms with Gasteiger partial charge in [0, 0.05) is 18.7 Å². The number of hydrogen-bond acceptors (Lipinski definition) is 6. The van der Waals surface area contributed by atoms with Crippen LogP contribution in [0, 0.1) is 10.1 Å². The summed E-state index contributed by atoms with van der Waals surface area (Å²) in [5, 5.41) is 19.6. The van der Waals surface area contributed by atoms with Crippen LogP contribution in [-0.2, 0) is 0 Å². The van der Waals surface area contributed by atoms with E-state index in [9.17, 15) is 14.9 Å². The van der Waals surface area contributed by atoms with E-state index >= 15 is 0 Å². The van der Waals surface area contributed by atoms with Gasteiger partial charge in [-0.05, 0) is 13.8 Å². The molecule has 1 rings (SSSR count). The topological polar surface area (TPSA) is 123 Å². The standard InChI is InChI=1S/C11H16N4O4/c1-7(2)14(3-4-16)11(17)9-5-8(15(18)19)6-13-10(9)12/h5-7,16H,3-4H2,1-2H3,(H2,12,13). The Kier molecular flexibility index (Phi) is 4.76. The zero-order valence-corrected chi connectivity index (χ0v) is 10.7. The largest absolute Gasteiger partial charge is 0.395 e. The molecule has 0 atom stereocenters. The summed E-state index contributed by atoms with van der Waals surface area (Å²) in [6.45, 7) is 3.47. The highest BCUT2D eigenvalue weighted by Gasteiger charge is 2.23. The van der Waals surface area contributed by atoms with E-state index in [1.54, 1.807) is 13.8 Å². The predicted octanol–water partition coefficient (Wildman–Crippen LogP) is 0.415. The molecule has 0 saturated heterocycles. The van der Waals surface area contributed by atoms with Gasteiger partial charge in [-0.2, -0.15) is 0 Å². The van der Waals surface area contributed by atoms with E-state index in [1.165, 1.54) is 4.90 Å². The smallest absolute Gasteiger partial charge is 0.288 e. The third kappa shape index (κ3) is 3.38. The van der Waals surface area contributed by atoms with Crippen LogP contribution in [0.5, 0.6) is 0 Å². The molecule has 0 aromatic carbocycles. The summed E-state index contributed by atoms with van der Waals surface area (Å²) in [6.07, 6.45) is 0.998. The molecular formula is C11H16N4O4. The number of pyridine rings is 1. The normalized spacial score (nSPS) is 10.5. The monoisotopic (exact) mass is 268 g/mol. The molecule has 104 valence electrons. The molecule has 8 heteroatoms. The first-order valence-electron chi connectivity index (χ1n) is 5.70. The molecule has 1 aromatic heterocycles. The molecule has 0 unspecified atom stereocenters. The van der Waals surface area contributed by atoms with Crippen molar-refractivity contribution in [2.45, 2.75) is 19.9 Å². The van der Waals surface area contributed by atoms with Crippen LogP contribution in [0.2, 0.25) is 0 Å². The summed E-state index contributed by atoms with van der Waals surface area (Å²) in [6, 6.07) is 0.926. The van der Waals surface area contributed by atoms with Gasteiger partial charge in [0.1, 0.15) is 12.0 Å². The Morgan fingerprint density at radius 1 is 1.63 bits per heavy atom. The molecular weight excluding hydrogens is 252 g/mol. The predicted molar refractivity (Wildman–Crippen MR) is 68.6 cm³/mol. The lowest BCUT2D eigenvalue weighted by molar-refractivity contribution is -0.385. The van der Waals surface area contributed by atoms with Gasteiger partial charge in [0.05, 0.1) is 17.1 Å².